The standard InChI is InChI=1S/C16H22F2N2O/c1-3-16(7-8-19-10-16)15(21)20-11(2)9-12-13(17)5-4-6-14(12)18/h4-6,11,19H,3,7-10H2,1-2H3,(H,20,21). The first-order chi connectivity index (χ1) is 9.98. The van der Waals surface area contributed by atoms with Crippen LogP contribution in [-0.2, 0) is 11.2 Å². The minimum absolute atomic E-state index is 0.0281. The summed E-state index contributed by atoms with van der Waals surface area (Å²) in [7, 11) is 0. The third-order valence-electron chi connectivity index (χ3n) is 4.35. The molecule has 0 aliphatic carbocycles. The summed E-state index contributed by atoms with van der Waals surface area (Å²) in [6.07, 6.45) is 1.71. The first-order valence-corrected chi connectivity index (χ1v) is 7.43. The molecule has 1 aliphatic rings. The Balaban J connectivity index is 2.01. The Morgan fingerprint density at radius 1 is 1.43 bits per heavy atom. The van der Waals surface area contributed by atoms with Gasteiger partial charge in [-0.15, -0.1) is 0 Å². The molecule has 116 valence electrons. The Labute approximate surface area is 124 Å². The van der Waals surface area contributed by atoms with Gasteiger partial charge in [-0.3, -0.25) is 4.79 Å². The number of rotatable bonds is 5. The third-order valence-corrected chi connectivity index (χ3v) is 4.35. The fourth-order valence-corrected chi connectivity index (χ4v) is 2.86. The number of carbonyl (C=O) groups excluding carboxylic acids is 1. The summed E-state index contributed by atoms with van der Waals surface area (Å²) in [4.78, 5) is 12.4. The van der Waals surface area contributed by atoms with Crippen LogP contribution in [-0.4, -0.2) is 25.0 Å². The van der Waals surface area contributed by atoms with Gasteiger partial charge in [0.05, 0.1) is 5.41 Å². The molecule has 0 aromatic heterocycles. The van der Waals surface area contributed by atoms with E-state index in [0.717, 1.165) is 19.4 Å². The van der Waals surface area contributed by atoms with Gasteiger partial charge in [-0.25, -0.2) is 8.78 Å². The number of hydrogen-bond donors (Lipinski definition) is 2. The maximum atomic E-state index is 13.6. The van der Waals surface area contributed by atoms with Gasteiger partial charge in [0.15, 0.2) is 0 Å². The molecular formula is C16H22F2N2O. The van der Waals surface area contributed by atoms with Gasteiger partial charge < -0.3 is 10.6 Å². The lowest BCUT2D eigenvalue weighted by molar-refractivity contribution is -0.130. The lowest BCUT2D eigenvalue weighted by Gasteiger charge is -2.27. The minimum Gasteiger partial charge on any atom is -0.353 e. The van der Waals surface area contributed by atoms with E-state index < -0.39 is 11.6 Å². The molecule has 0 saturated carbocycles. The maximum absolute atomic E-state index is 13.6. The van der Waals surface area contributed by atoms with Crippen LogP contribution >= 0.6 is 0 Å². The number of hydrogen-bond acceptors (Lipinski definition) is 2. The lowest BCUT2D eigenvalue weighted by Crippen LogP contribution is -2.46. The molecule has 2 atom stereocenters. The largest absolute Gasteiger partial charge is 0.353 e. The zero-order valence-corrected chi connectivity index (χ0v) is 12.5. The maximum Gasteiger partial charge on any atom is 0.227 e. The average Bonchev–Trinajstić information content (AvgIpc) is 2.93. The highest BCUT2D eigenvalue weighted by atomic mass is 19.1. The van der Waals surface area contributed by atoms with Crippen LogP contribution in [0.2, 0.25) is 0 Å². The topological polar surface area (TPSA) is 41.1 Å². The molecule has 2 rings (SSSR count). The summed E-state index contributed by atoms with van der Waals surface area (Å²) in [5.74, 6) is -1.16. The van der Waals surface area contributed by atoms with Gasteiger partial charge in [-0.2, -0.15) is 0 Å². The van der Waals surface area contributed by atoms with E-state index >= 15 is 0 Å². The van der Waals surface area contributed by atoms with Crippen LogP contribution in [0.3, 0.4) is 0 Å². The average molecular weight is 296 g/mol. The number of halogens is 2. The van der Waals surface area contributed by atoms with E-state index in [9.17, 15) is 13.6 Å². The molecule has 0 spiro atoms. The van der Waals surface area contributed by atoms with Crippen LogP contribution < -0.4 is 10.6 Å². The molecule has 2 unspecified atom stereocenters. The van der Waals surface area contributed by atoms with Crippen molar-refractivity contribution in [1.29, 1.82) is 0 Å². The summed E-state index contributed by atoms with van der Waals surface area (Å²) < 4.78 is 27.3. The van der Waals surface area contributed by atoms with Crippen LogP contribution in [0, 0.1) is 17.0 Å². The summed E-state index contributed by atoms with van der Waals surface area (Å²) in [6, 6.07) is 3.50. The first kappa shape index (κ1) is 15.9. The van der Waals surface area contributed by atoms with E-state index in [-0.39, 0.29) is 29.3 Å². The molecule has 1 aromatic rings. The molecule has 1 aromatic carbocycles. The van der Waals surface area contributed by atoms with Crippen molar-refractivity contribution in [2.45, 2.75) is 39.2 Å². The van der Waals surface area contributed by atoms with E-state index in [0.29, 0.717) is 6.54 Å². The molecule has 1 aliphatic heterocycles. The van der Waals surface area contributed by atoms with Crippen molar-refractivity contribution in [3.05, 3.63) is 35.4 Å². The molecule has 1 heterocycles. The number of nitrogens with one attached hydrogen (secondary N) is 2. The van der Waals surface area contributed by atoms with Crippen molar-refractivity contribution in [2.75, 3.05) is 13.1 Å². The second-order valence-electron chi connectivity index (χ2n) is 5.84. The lowest BCUT2D eigenvalue weighted by atomic mass is 9.83. The predicted molar refractivity (Wildman–Crippen MR) is 77.9 cm³/mol. The highest BCUT2D eigenvalue weighted by Gasteiger charge is 2.39. The number of benzene rings is 1. The van der Waals surface area contributed by atoms with Crippen molar-refractivity contribution >= 4 is 5.91 Å². The number of carbonyl (C=O) groups is 1. The molecule has 1 amide bonds. The Kier molecular flexibility index (Phi) is 4.93. The van der Waals surface area contributed by atoms with Crippen molar-refractivity contribution in [3.63, 3.8) is 0 Å². The van der Waals surface area contributed by atoms with Crippen LogP contribution in [0.15, 0.2) is 18.2 Å². The number of amides is 1. The Bertz CT molecular complexity index is 493. The first-order valence-electron chi connectivity index (χ1n) is 7.43. The van der Waals surface area contributed by atoms with Gasteiger partial charge in [0.25, 0.3) is 0 Å². The minimum atomic E-state index is -0.566. The van der Waals surface area contributed by atoms with E-state index in [4.69, 9.17) is 0 Å². The van der Waals surface area contributed by atoms with Gasteiger partial charge in [-0.05, 0) is 44.9 Å². The Hall–Kier alpha value is -1.49. The Morgan fingerprint density at radius 2 is 2.10 bits per heavy atom. The van der Waals surface area contributed by atoms with Crippen LogP contribution in [0.25, 0.3) is 0 Å². The molecule has 0 radical (unpaired) electrons. The zero-order chi connectivity index (χ0) is 15.5. The van der Waals surface area contributed by atoms with E-state index in [1.165, 1.54) is 18.2 Å². The fourth-order valence-electron chi connectivity index (χ4n) is 2.86. The molecule has 0 bridgehead atoms. The highest BCUT2D eigenvalue weighted by Crippen LogP contribution is 2.29. The summed E-state index contributed by atoms with van der Waals surface area (Å²) >= 11 is 0. The normalized spacial score (nSPS) is 23.0. The van der Waals surface area contributed by atoms with Gasteiger partial charge in [0.2, 0.25) is 5.91 Å². The summed E-state index contributed by atoms with van der Waals surface area (Å²) in [5, 5.41) is 6.11. The predicted octanol–water partition coefficient (Wildman–Crippen LogP) is 2.40. The Morgan fingerprint density at radius 3 is 2.62 bits per heavy atom. The van der Waals surface area contributed by atoms with Crippen LogP contribution in [0.1, 0.15) is 32.3 Å². The van der Waals surface area contributed by atoms with Crippen molar-refractivity contribution < 1.29 is 13.6 Å². The quantitative estimate of drug-likeness (QED) is 0.876. The molecule has 5 heteroatoms. The van der Waals surface area contributed by atoms with Crippen molar-refractivity contribution in [2.24, 2.45) is 5.41 Å². The molecular weight excluding hydrogens is 274 g/mol. The summed E-state index contributed by atoms with van der Waals surface area (Å²) in [6.45, 7) is 5.26. The van der Waals surface area contributed by atoms with Gasteiger partial charge in [0, 0.05) is 18.2 Å². The zero-order valence-electron chi connectivity index (χ0n) is 12.5. The smallest absolute Gasteiger partial charge is 0.227 e. The van der Waals surface area contributed by atoms with E-state index in [1.807, 2.05) is 6.92 Å². The highest BCUT2D eigenvalue weighted by molar-refractivity contribution is 5.83. The van der Waals surface area contributed by atoms with Crippen molar-refractivity contribution in [3.8, 4) is 0 Å². The SMILES string of the molecule is CCC1(C(=O)NC(C)Cc2c(F)cccc2F)CCNC1. The van der Waals surface area contributed by atoms with Gasteiger partial charge >= 0.3 is 0 Å². The molecule has 1 fully saturated rings. The monoisotopic (exact) mass is 296 g/mol. The van der Waals surface area contributed by atoms with E-state index in [1.54, 1.807) is 6.92 Å². The third kappa shape index (κ3) is 3.40. The van der Waals surface area contributed by atoms with Gasteiger partial charge in [-0.1, -0.05) is 13.0 Å². The summed E-state index contributed by atoms with van der Waals surface area (Å²) in [5.41, 5.74) is -0.359. The molecule has 21 heavy (non-hydrogen) atoms. The second-order valence-corrected chi connectivity index (χ2v) is 5.84. The molecule has 2 N–H and O–H groups in total. The molecule has 3 nitrogen and oxygen atoms in total. The second kappa shape index (κ2) is 6.52. The van der Waals surface area contributed by atoms with Crippen LogP contribution in [0.4, 0.5) is 8.78 Å². The van der Waals surface area contributed by atoms with E-state index in [2.05, 4.69) is 10.6 Å². The molecule has 1 saturated heterocycles. The van der Waals surface area contributed by atoms with Gasteiger partial charge in [0.1, 0.15) is 11.6 Å². The fraction of sp³-hybridized carbons (Fsp3) is 0.562. The van der Waals surface area contributed by atoms with Crippen molar-refractivity contribution in [1.82, 2.24) is 10.6 Å². The van der Waals surface area contributed by atoms with Crippen LogP contribution in [0.5, 0.6) is 0 Å².